The summed E-state index contributed by atoms with van der Waals surface area (Å²) in [5.74, 6) is -0.418. The summed E-state index contributed by atoms with van der Waals surface area (Å²) in [6.45, 7) is 5.63. The van der Waals surface area contributed by atoms with E-state index in [0.29, 0.717) is 12.4 Å². The lowest BCUT2D eigenvalue weighted by molar-refractivity contribution is -0.137. The van der Waals surface area contributed by atoms with Crippen molar-refractivity contribution in [2.45, 2.75) is 39.7 Å². The first kappa shape index (κ1) is 21.4. The standard InChI is InChI=1S/C20H21Br2NO4/c1-11-4-14(7-16(5-11)23-13(3)24)10-27-20-17(21)8-15(9-18(20)22)12(2)6-19(25)26/h4-5,7-9,12H,6,10H2,1-3H3,(H,23,24)(H,25,26). The van der Waals surface area contributed by atoms with Crippen LogP contribution in [0.3, 0.4) is 0 Å². The summed E-state index contributed by atoms with van der Waals surface area (Å²) in [7, 11) is 0. The van der Waals surface area contributed by atoms with Gasteiger partial charge >= 0.3 is 5.97 Å². The molecular weight excluding hydrogens is 478 g/mol. The minimum absolute atomic E-state index is 0.0638. The molecule has 1 unspecified atom stereocenters. The molecule has 0 radical (unpaired) electrons. The molecule has 0 bridgehead atoms. The van der Waals surface area contributed by atoms with Crippen molar-refractivity contribution in [3.8, 4) is 5.75 Å². The summed E-state index contributed by atoms with van der Waals surface area (Å²) < 4.78 is 7.46. The molecule has 0 fully saturated rings. The number of hydrogen-bond donors (Lipinski definition) is 2. The van der Waals surface area contributed by atoms with Crippen molar-refractivity contribution in [2.75, 3.05) is 5.32 Å². The maximum atomic E-state index is 11.3. The minimum atomic E-state index is -0.829. The van der Waals surface area contributed by atoms with Crippen LogP contribution in [0.1, 0.15) is 42.9 Å². The van der Waals surface area contributed by atoms with Crippen molar-refractivity contribution < 1.29 is 19.4 Å². The first-order valence-corrected chi connectivity index (χ1v) is 9.96. The number of benzene rings is 2. The number of carbonyl (C=O) groups is 2. The molecule has 0 heterocycles. The van der Waals surface area contributed by atoms with Crippen LogP contribution in [0.15, 0.2) is 39.3 Å². The van der Waals surface area contributed by atoms with Gasteiger partial charge in [-0.2, -0.15) is 0 Å². The summed E-state index contributed by atoms with van der Waals surface area (Å²) in [5.41, 5.74) is 3.60. The molecule has 7 heteroatoms. The highest BCUT2D eigenvalue weighted by Crippen LogP contribution is 2.38. The van der Waals surface area contributed by atoms with E-state index < -0.39 is 5.97 Å². The van der Waals surface area contributed by atoms with Crippen LogP contribution in [0.4, 0.5) is 5.69 Å². The van der Waals surface area contributed by atoms with Crippen LogP contribution in [0.2, 0.25) is 0 Å². The Hall–Kier alpha value is -1.86. The van der Waals surface area contributed by atoms with E-state index in [0.717, 1.165) is 31.3 Å². The van der Waals surface area contributed by atoms with Crippen LogP contribution in [0.25, 0.3) is 0 Å². The molecule has 2 N–H and O–H groups in total. The Morgan fingerprint density at radius 3 is 2.33 bits per heavy atom. The number of carboxylic acid groups (broad SMARTS) is 1. The Labute approximate surface area is 175 Å². The molecule has 0 saturated carbocycles. The lowest BCUT2D eigenvalue weighted by Gasteiger charge is -2.16. The van der Waals surface area contributed by atoms with Crippen LogP contribution < -0.4 is 10.1 Å². The van der Waals surface area contributed by atoms with Gasteiger partial charge in [0.2, 0.25) is 5.91 Å². The first-order valence-electron chi connectivity index (χ1n) is 8.37. The highest BCUT2D eigenvalue weighted by atomic mass is 79.9. The van der Waals surface area contributed by atoms with Gasteiger partial charge in [0.15, 0.2) is 0 Å². The van der Waals surface area contributed by atoms with Crippen molar-refractivity contribution in [3.05, 3.63) is 56.0 Å². The molecule has 5 nitrogen and oxygen atoms in total. The van der Waals surface area contributed by atoms with Gasteiger partial charge in [0.1, 0.15) is 12.4 Å². The molecule has 2 aromatic rings. The third kappa shape index (κ3) is 6.36. The van der Waals surface area contributed by atoms with Crippen molar-refractivity contribution >= 4 is 49.4 Å². The molecular formula is C20H21Br2NO4. The molecule has 27 heavy (non-hydrogen) atoms. The van der Waals surface area contributed by atoms with Gasteiger partial charge in [-0.1, -0.05) is 13.0 Å². The molecule has 2 aromatic carbocycles. The van der Waals surface area contributed by atoms with E-state index in [1.807, 2.05) is 44.2 Å². The van der Waals surface area contributed by atoms with Gasteiger partial charge in [-0.15, -0.1) is 0 Å². The Morgan fingerprint density at radius 2 is 1.78 bits per heavy atom. The zero-order valence-corrected chi connectivity index (χ0v) is 18.5. The van der Waals surface area contributed by atoms with E-state index in [2.05, 4.69) is 37.2 Å². The Kier molecular flexibility index (Phi) is 7.44. The molecule has 0 aliphatic carbocycles. The molecule has 0 aromatic heterocycles. The van der Waals surface area contributed by atoms with E-state index in [-0.39, 0.29) is 18.2 Å². The number of carboxylic acids is 1. The first-order chi connectivity index (χ1) is 12.7. The fourth-order valence-corrected chi connectivity index (χ4v) is 4.21. The monoisotopic (exact) mass is 497 g/mol. The van der Waals surface area contributed by atoms with E-state index in [1.54, 1.807) is 0 Å². The molecule has 1 atom stereocenters. The van der Waals surface area contributed by atoms with Gasteiger partial charge in [0, 0.05) is 12.6 Å². The minimum Gasteiger partial charge on any atom is -0.487 e. The van der Waals surface area contributed by atoms with Crippen LogP contribution in [-0.4, -0.2) is 17.0 Å². The summed E-state index contributed by atoms with van der Waals surface area (Å²) >= 11 is 7.02. The van der Waals surface area contributed by atoms with Crippen molar-refractivity contribution in [1.82, 2.24) is 0 Å². The smallest absolute Gasteiger partial charge is 0.303 e. The number of halogens is 2. The van der Waals surface area contributed by atoms with Gasteiger partial charge < -0.3 is 15.2 Å². The van der Waals surface area contributed by atoms with Gasteiger partial charge in [-0.05, 0) is 85.7 Å². The molecule has 144 valence electrons. The highest BCUT2D eigenvalue weighted by molar-refractivity contribution is 9.11. The number of hydrogen-bond acceptors (Lipinski definition) is 3. The third-order valence-electron chi connectivity index (χ3n) is 3.91. The topological polar surface area (TPSA) is 75.6 Å². The average Bonchev–Trinajstić information content (AvgIpc) is 2.52. The van der Waals surface area contributed by atoms with Crippen LogP contribution in [-0.2, 0) is 16.2 Å². The number of nitrogens with one attached hydrogen (secondary N) is 1. The second-order valence-electron chi connectivity index (χ2n) is 6.49. The lowest BCUT2D eigenvalue weighted by Crippen LogP contribution is -2.07. The summed E-state index contributed by atoms with van der Waals surface area (Å²) in [4.78, 5) is 22.2. The Balaban J connectivity index is 2.17. The van der Waals surface area contributed by atoms with Crippen LogP contribution in [0.5, 0.6) is 5.75 Å². The Bertz CT molecular complexity index is 844. The second kappa shape index (κ2) is 9.37. The zero-order chi connectivity index (χ0) is 20.1. The number of aryl methyl sites for hydroxylation is 1. The molecule has 0 aliphatic heterocycles. The number of ether oxygens (including phenoxy) is 1. The second-order valence-corrected chi connectivity index (χ2v) is 8.20. The number of rotatable bonds is 7. The van der Waals surface area contributed by atoms with Crippen LogP contribution >= 0.6 is 31.9 Å². The quantitative estimate of drug-likeness (QED) is 0.518. The third-order valence-corrected chi connectivity index (χ3v) is 5.09. The van der Waals surface area contributed by atoms with Crippen LogP contribution in [0, 0.1) is 6.92 Å². The number of carbonyl (C=O) groups excluding carboxylic acids is 1. The number of amides is 1. The SMILES string of the molecule is CC(=O)Nc1cc(C)cc(COc2c(Br)cc(C(C)CC(=O)O)cc2Br)c1. The maximum Gasteiger partial charge on any atom is 0.303 e. The van der Waals surface area contributed by atoms with Gasteiger partial charge in [0.25, 0.3) is 0 Å². The highest BCUT2D eigenvalue weighted by Gasteiger charge is 2.15. The molecule has 0 saturated heterocycles. The van der Waals surface area contributed by atoms with E-state index in [1.165, 1.54) is 6.92 Å². The van der Waals surface area contributed by atoms with Gasteiger partial charge in [-0.25, -0.2) is 0 Å². The fraction of sp³-hybridized carbons (Fsp3) is 0.300. The molecule has 1 amide bonds. The summed E-state index contributed by atoms with van der Waals surface area (Å²) in [6, 6.07) is 9.53. The largest absolute Gasteiger partial charge is 0.487 e. The fourth-order valence-electron chi connectivity index (χ4n) is 2.76. The maximum absolute atomic E-state index is 11.3. The van der Waals surface area contributed by atoms with Crippen molar-refractivity contribution in [3.63, 3.8) is 0 Å². The van der Waals surface area contributed by atoms with Gasteiger partial charge in [0.05, 0.1) is 15.4 Å². The van der Waals surface area contributed by atoms with Crippen molar-refractivity contribution in [1.29, 1.82) is 0 Å². The zero-order valence-electron chi connectivity index (χ0n) is 15.3. The summed E-state index contributed by atoms with van der Waals surface area (Å²) in [5, 5.41) is 11.8. The lowest BCUT2D eigenvalue weighted by atomic mass is 9.98. The normalized spacial score (nSPS) is 11.7. The van der Waals surface area contributed by atoms with Gasteiger partial charge in [-0.3, -0.25) is 9.59 Å². The summed E-state index contributed by atoms with van der Waals surface area (Å²) in [6.07, 6.45) is 0.0638. The molecule has 0 aliphatic rings. The molecule has 0 spiro atoms. The van der Waals surface area contributed by atoms with E-state index in [4.69, 9.17) is 9.84 Å². The predicted octanol–water partition coefficient (Wildman–Crippen LogP) is 5.64. The predicted molar refractivity (Wildman–Crippen MR) is 112 cm³/mol. The molecule has 2 rings (SSSR count). The Morgan fingerprint density at radius 1 is 1.15 bits per heavy atom. The van der Waals surface area contributed by atoms with Crippen molar-refractivity contribution in [2.24, 2.45) is 0 Å². The number of anilines is 1. The average molecular weight is 499 g/mol. The number of aliphatic carboxylic acids is 1. The van der Waals surface area contributed by atoms with E-state index >= 15 is 0 Å². The van der Waals surface area contributed by atoms with E-state index in [9.17, 15) is 9.59 Å².